The molecule has 0 saturated carbocycles. The van der Waals surface area contributed by atoms with Crippen LogP contribution in [0.1, 0.15) is 32.6 Å². The van der Waals surface area contributed by atoms with Gasteiger partial charge in [-0.3, -0.25) is 4.79 Å². The average Bonchev–Trinajstić information content (AvgIpc) is 2.88. The van der Waals surface area contributed by atoms with E-state index in [-0.39, 0.29) is 13.1 Å². The van der Waals surface area contributed by atoms with Crippen LogP contribution in [0.2, 0.25) is 0 Å². The molecule has 0 bridgehead atoms. The predicted molar refractivity (Wildman–Crippen MR) is 145 cm³/mol. The molecule has 41 heavy (non-hydrogen) atoms. The first-order chi connectivity index (χ1) is 19.4. The van der Waals surface area contributed by atoms with Gasteiger partial charge in [0.2, 0.25) is 6.43 Å². The fraction of sp³-hybridized carbons (Fsp3) is 0.519. The average molecular weight is 622 g/mol. The number of amides is 1. The summed E-state index contributed by atoms with van der Waals surface area (Å²) in [5.74, 6) is -4.10. The third-order valence-electron chi connectivity index (χ3n) is 7.25. The zero-order chi connectivity index (χ0) is 29.8. The van der Waals surface area contributed by atoms with E-state index < -0.39 is 68.0 Å². The molecular formula is C27H32F5N3O4S2. The van der Waals surface area contributed by atoms with E-state index in [1.54, 1.807) is 12.1 Å². The molecular weight excluding hydrogens is 589 g/mol. The Balaban J connectivity index is 1.46. The van der Waals surface area contributed by atoms with Crippen molar-refractivity contribution in [1.29, 1.82) is 0 Å². The van der Waals surface area contributed by atoms with Gasteiger partial charge in [0.25, 0.3) is 15.9 Å². The zero-order valence-electron chi connectivity index (χ0n) is 22.3. The van der Waals surface area contributed by atoms with Gasteiger partial charge < -0.3 is 15.0 Å². The molecule has 2 aliphatic heterocycles. The van der Waals surface area contributed by atoms with Gasteiger partial charge in [0, 0.05) is 48.8 Å². The Morgan fingerprint density at radius 1 is 1.12 bits per heavy atom. The van der Waals surface area contributed by atoms with Crippen LogP contribution >= 0.6 is 11.8 Å². The number of halogens is 5. The largest absolute Gasteiger partial charge is 0.377 e. The quantitative estimate of drug-likeness (QED) is 0.254. The monoisotopic (exact) mass is 621 g/mol. The summed E-state index contributed by atoms with van der Waals surface area (Å²) in [7, 11) is -4.61. The number of benzene rings is 2. The van der Waals surface area contributed by atoms with Crippen LogP contribution in [-0.4, -0.2) is 69.3 Å². The molecule has 2 aliphatic rings. The number of carbonyl (C=O) groups is 1. The molecule has 0 aromatic heterocycles. The Morgan fingerprint density at radius 2 is 1.78 bits per heavy atom. The van der Waals surface area contributed by atoms with Crippen LogP contribution in [0.25, 0.3) is 0 Å². The molecule has 2 saturated heterocycles. The van der Waals surface area contributed by atoms with Gasteiger partial charge in [-0.15, -0.1) is 11.8 Å². The molecule has 14 heteroatoms. The molecule has 2 atom stereocenters. The first kappa shape index (κ1) is 31.5. The lowest BCUT2D eigenvalue weighted by atomic mass is 9.95. The summed E-state index contributed by atoms with van der Waals surface area (Å²) in [6.45, 7) is 2.59. The van der Waals surface area contributed by atoms with Crippen molar-refractivity contribution in [3.63, 3.8) is 0 Å². The molecule has 2 aromatic rings. The van der Waals surface area contributed by atoms with Crippen molar-refractivity contribution in [3.8, 4) is 0 Å². The van der Waals surface area contributed by atoms with Crippen LogP contribution < -0.4 is 10.0 Å². The first-order valence-corrected chi connectivity index (χ1v) is 15.7. The van der Waals surface area contributed by atoms with Crippen molar-refractivity contribution in [2.75, 3.05) is 37.3 Å². The Labute approximate surface area is 240 Å². The van der Waals surface area contributed by atoms with E-state index in [2.05, 4.69) is 5.32 Å². The van der Waals surface area contributed by atoms with Gasteiger partial charge in [-0.25, -0.2) is 35.1 Å². The van der Waals surface area contributed by atoms with E-state index in [0.717, 1.165) is 6.42 Å². The van der Waals surface area contributed by atoms with Crippen LogP contribution in [0.3, 0.4) is 0 Å². The number of nitrogens with zero attached hydrogens (tertiary/aromatic N) is 1. The van der Waals surface area contributed by atoms with E-state index in [0.29, 0.717) is 55.2 Å². The van der Waals surface area contributed by atoms with Gasteiger partial charge in [0.05, 0.1) is 4.90 Å². The lowest BCUT2D eigenvalue weighted by molar-refractivity contribution is -0.148. The highest BCUT2D eigenvalue weighted by molar-refractivity contribution is 7.99. The lowest BCUT2D eigenvalue weighted by Gasteiger charge is -2.39. The number of sulfonamides is 1. The molecule has 1 amide bonds. The van der Waals surface area contributed by atoms with Gasteiger partial charge in [0.1, 0.15) is 17.1 Å². The van der Waals surface area contributed by atoms with Crippen LogP contribution in [0.4, 0.5) is 27.6 Å². The molecule has 2 N–H and O–H groups in total. The number of anilines is 1. The van der Waals surface area contributed by atoms with Crippen molar-refractivity contribution in [2.45, 2.75) is 60.5 Å². The molecule has 2 fully saturated rings. The Morgan fingerprint density at radius 3 is 2.37 bits per heavy atom. The van der Waals surface area contributed by atoms with Gasteiger partial charge in [0.15, 0.2) is 11.6 Å². The van der Waals surface area contributed by atoms with Crippen molar-refractivity contribution >= 4 is 33.4 Å². The third kappa shape index (κ3) is 8.11. The number of hydrogen-bond donors (Lipinski definition) is 2. The third-order valence-corrected chi connectivity index (χ3v) is 9.74. The predicted octanol–water partition coefficient (Wildman–Crippen LogP) is 5.03. The molecule has 0 radical (unpaired) electrons. The Hall–Kier alpha value is -2.42. The van der Waals surface area contributed by atoms with Crippen LogP contribution in [0.5, 0.6) is 0 Å². The molecule has 4 rings (SSSR count). The second-order valence-electron chi connectivity index (χ2n) is 10.5. The molecule has 0 unspecified atom stereocenters. The SMILES string of the molecule is C[C@]1(C(=O)NS(=O)(=O)c2cc(F)c(N[C@H](CCN3CC(C(F)F)C3)CSc3ccc(F)cc3)c(F)c2)CCCCO1. The van der Waals surface area contributed by atoms with Crippen molar-refractivity contribution < 1.29 is 39.9 Å². The second-order valence-corrected chi connectivity index (χ2v) is 13.3. The number of nitrogens with one attached hydrogen (secondary N) is 2. The summed E-state index contributed by atoms with van der Waals surface area (Å²) in [6.07, 6.45) is -0.360. The molecule has 226 valence electrons. The van der Waals surface area contributed by atoms with Crippen LogP contribution in [0, 0.1) is 23.4 Å². The van der Waals surface area contributed by atoms with E-state index in [1.807, 2.05) is 9.62 Å². The molecule has 0 spiro atoms. The maximum atomic E-state index is 15.1. The summed E-state index contributed by atoms with van der Waals surface area (Å²) < 4.78 is 102. The fourth-order valence-electron chi connectivity index (χ4n) is 4.66. The minimum absolute atomic E-state index is 0.223. The second kappa shape index (κ2) is 13.3. The summed E-state index contributed by atoms with van der Waals surface area (Å²) >= 11 is 1.31. The van der Waals surface area contributed by atoms with Gasteiger partial charge in [-0.05, 0) is 69.0 Å². The van der Waals surface area contributed by atoms with E-state index >= 15 is 8.78 Å². The number of likely N-dealkylation sites (tertiary alicyclic amines) is 1. The first-order valence-electron chi connectivity index (χ1n) is 13.2. The number of ether oxygens (including phenoxy) is 1. The highest BCUT2D eigenvalue weighted by atomic mass is 32.2. The van der Waals surface area contributed by atoms with Crippen LogP contribution in [0.15, 0.2) is 46.2 Å². The topological polar surface area (TPSA) is 87.7 Å². The Kier molecular flexibility index (Phi) is 10.2. The van der Waals surface area contributed by atoms with E-state index in [1.165, 1.54) is 30.8 Å². The summed E-state index contributed by atoms with van der Waals surface area (Å²) in [4.78, 5) is 14.4. The highest BCUT2D eigenvalue weighted by Gasteiger charge is 2.39. The van der Waals surface area contributed by atoms with Crippen molar-refractivity contribution in [3.05, 3.63) is 53.8 Å². The number of carbonyl (C=O) groups excluding carboxylic acids is 1. The minimum Gasteiger partial charge on any atom is -0.377 e. The van der Waals surface area contributed by atoms with Crippen LogP contribution in [-0.2, 0) is 19.6 Å². The highest BCUT2D eigenvalue weighted by Crippen LogP contribution is 2.29. The summed E-state index contributed by atoms with van der Waals surface area (Å²) in [5.41, 5.74) is -1.93. The van der Waals surface area contributed by atoms with E-state index in [9.17, 15) is 26.4 Å². The maximum Gasteiger partial charge on any atom is 0.265 e. The summed E-state index contributed by atoms with van der Waals surface area (Å²) in [5, 5.41) is 2.79. The molecule has 2 heterocycles. The number of thioether (sulfide) groups is 1. The smallest absolute Gasteiger partial charge is 0.265 e. The van der Waals surface area contributed by atoms with Crippen molar-refractivity contribution in [1.82, 2.24) is 9.62 Å². The molecule has 2 aromatic carbocycles. The Bertz CT molecular complexity index is 1300. The molecule has 7 nitrogen and oxygen atoms in total. The summed E-state index contributed by atoms with van der Waals surface area (Å²) in [6, 6.07) is 6.39. The maximum absolute atomic E-state index is 15.1. The number of rotatable bonds is 12. The lowest BCUT2D eigenvalue weighted by Crippen LogP contribution is -2.50. The van der Waals surface area contributed by atoms with Gasteiger partial charge >= 0.3 is 0 Å². The zero-order valence-corrected chi connectivity index (χ0v) is 24.0. The normalized spacial score (nSPS) is 21.0. The standard InChI is InChI=1S/C27H32F5N3O4S2/c1-27(9-2-3-11-39-27)26(36)34-41(37,38)21-12-22(29)24(23(30)13-21)33-19(8-10-35-14-17(15-35)25(31)32)16-40-20-6-4-18(28)5-7-20/h4-7,12-13,17,19,25,33H,2-3,8-11,14-16H2,1H3,(H,34,36)/t19-,27-/m1/s1. The van der Waals surface area contributed by atoms with Gasteiger partial charge in [-0.1, -0.05) is 0 Å². The number of hydrogen-bond acceptors (Lipinski definition) is 7. The van der Waals surface area contributed by atoms with E-state index in [4.69, 9.17) is 4.74 Å². The molecule has 0 aliphatic carbocycles. The fourth-order valence-corrected chi connectivity index (χ4v) is 6.73. The van der Waals surface area contributed by atoms with Crippen molar-refractivity contribution in [2.24, 2.45) is 5.92 Å². The minimum atomic E-state index is -4.61. The number of alkyl halides is 2. The van der Waals surface area contributed by atoms with Gasteiger partial charge in [-0.2, -0.15) is 0 Å².